The maximum absolute atomic E-state index is 15.3. The summed E-state index contributed by atoms with van der Waals surface area (Å²) in [6.45, 7) is 32.5. The van der Waals surface area contributed by atoms with E-state index in [0.717, 1.165) is 4.90 Å². The molecule has 0 aromatic heterocycles. The Morgan fingerprint density at radius 1 is 0.489 bits per heavy atom. The van der Waals surface area contributed by atoms with Crippen molar-refractivity contribution < 1.29 is 62.6 Å². The molecule has 2 aliphatic heterocycles. The van der Waals surface area contributed by atoms with Crippen molar-refractivity contribution in [2.45, 2.75) is 229 Å². The second-order valence-electron chi connectivity index (χ2n) is 28.0. The van der Waals surface area contributed by atoms with Crippen LogP contribution in [0.2, 0.25) is 0 Å². The summed E-state index contributed by atoms with van der Waals surface area (Å²) in [5.74, 6) is -10.2. The van der Waals surface area contributed by atoms with Crippen LogP contribution in [0.25, 0.3) is 0 Å². The largest absolute Gasteiger partial charge is 0.390 e. The van der Waals surface area contributed by atoms with Crippen LogP contribution in [-0.4, -0.2) is 264 Å². The molecule has 0 aliphatic carbocycles. The van der Waals surface area contributed by atoms with Gasteiger partial charge in [-0.1, -0.05) is 102 Å². The number of hydrogen-bond donors (Lipinski definition) is 5. The van der Waals surface area contributed by atoms with Gasteiger partial charge in [0.2, 0.25) is 65.0 Å². The lowest BCUT2D eigenvalue weighted by molar-refractivity contribution is -0.157. The Bertz CT molecular complexity index is 2520. The zero-order valence-electron chi connectivity index (χ0n) is 60.3. The summed E-state index contributed by atoms with van der Waals surface area (Å²) in [5, 5.41) is 23.4. The van der Waals surface area contributed by atoms with Crippen LogP contribution < -0.4 is 21.3 Å². The van der Waals surface area contributed by atoms with Crippen LogP contribution in [0.15, 0.2) is 12.2 Å². The third-order valence-electron chi connectivity index (χ3n) is 18.3. The van der Waals surface area contributed by atoms with E-state index in [-0.39, 0.29) is 43.4 Å². The van der Waals surface area contributed by atoms with E-state index in [2.05, 4.69) is 26.2 Å². The standard InChI is InChI=1S/C67H120N12O13/c1-25-27-28-44(14)56(80)55-60(84)70-48(26-2)63(87)72(18)47(17)62(86)77(23)54(43(13)29-30-79-31-33-92-34-32-79)59(83)71-52(41(9)10)66(90)73(19)49(35-38(3)4)58(82)68-45(15)57(81)69-46(16)61(85)74(20)50(36-39(5)6)64(88)75(21)51(37-40(7)8)65(89)76(22)53(42(11)12)67(91)78(55)24/h25,27,38-56,80H,26,28-37H2,1-24H3,(H,68,82)(H,69,81)(H,70,84)(H,71,83). The Balaban J connectivity index is 3.04. The number of rotatable bonds is 17. The molecule has 92 heavy (non-hydrogen) atoms. The molecule has 526 valence electrons. The van der Waals surface area contributed by atoms with Crippen LogP contribution in [0.1, 0.15) is 156 Å². The van der Waals surface area contributed by atoms with Gasteiger partial charge < -0.3 is 65.4 Å². The molecule has 5 N–H and O–H groups in total. The summed E-state index contributed by atoms with van der Waals surface area (Å²) in [6.07, 6.45) is 3.27. The lowest BCUT2D eigenvalue weighted by atomic mass is 9.91. The fourth-order valence-corrected chi connectivity index (χ4v) is 12.2. The molecule has 2 heterocycles. The van der Waals surface area contributed by atoms with E-state index >= 15 is 24.0 Å². The Hall–Kier alpha value is -6.21. The number of nitrogens with zero attached hydrogens (tertiary/aromatic N) is 8. The third kappa shape index (κ3) is 22.2. The van der Waals surface area contributed by atoms with Crippen LogP contribution in [0, 0.1) is 41.4 Å². The van der Waals surface area contributed by atoms with Gasteiger partial charge in [0, 0.05) is 62.4 Å². The van der Waals surface area contributed by atoms with E-state index in [0.29, 0.717) is 45.7 Å². The SMILES string of the molecule is CC=CCC(C)C(O)C1C(=O)NC(CC)C(=O)N(C)C(C)C(=O)N(C)C(C(C)CCN2CCOCC2)C(=O)NC(C(C)C)C(=O)N(C)C(CC(C)C)C(=O)NC(C)C(=O)NC(C)C(=O)N(C)C(CC(C)C)C(=O)N(C)C(CC(C)C)C(=O)N(C)C(C(C)C)C(=O)N1C. The van der Waals surface area contributed by atoms with Crippen LogP contribution in [0.5, 0.6) is 0 Å². The second kappa shape index (κ2) is 37.6. The van der Waals surface area contributed by atoms with Crippen molar-refractivity contribution in [2.75, 3.05) is 82.2 Å². The molecule has 2 rings (SSSR count). The summed E-state index contributed by atoms with van der Waals surface area (Å²) in [4.78, 5) is 174. The van der Waals surface area contributed by atoms with Gasteiger partial charge >= 0.3 is 0 Å². The van der Waals surface area contributed by atoms with Crippen molar-refractivity contribution in [3.8, 4) is 0 Å². The molecule has 2 saturated heterocycles. The average molecular weight is 1300 g/mol. The highest BCUT2D eigenvalue weighted by atomic mass is 16.5. The Labute approximate surface area is 550 Å². The molecule has 14 unspecified atom stereocenters. The molecule has 0 bridgehead atoms. The molecule has 25 heteroatoms. The molecule has 0 saturated carbocycles. The number of carbonyl (C=O) groups excluding carboxylic acids is 11. The van der Waals surface area contributed by atoms with Gasteiger partial charge in [0.25, 0.3) is 0 Å². The lowest BCUT2D eigenvalue weighted by Crippen LogP contribution is -2.64. The number of nitrogens with one attached hydrogen (secondary N) is 4. The topological polar surface area (TPSA) is 291 Å². The third-order valence-corrected chi connectivity index (χ3v) is 18.3. The maximum Gasteiger partial charge on any atom is 0.246 e. The first-order valence-corrected chi connectivity index (χ1v) is 33.4. The lowest BCUT2D eigenvalue weighted by Gasteiger charge is -2.41. The quantitative estimate of drug-likeness (QED) is 0.131. The molecule has 0 radical (unpaired) electrons. The maximum atomic E-state index is 15.3. The van der Waals surface area contributed by atoms with Crippen molar-refractivity contribution >= 4 is 65.0 Å². The highest BCUT2D eigenvalue weighted by Gasteiger charge is 2.46. The van der Waals surface area contributed by atoms with Gasteiger partial charge in [-0.25, -0.2) is 0 Å². The highest BCUT2D eigenvalue weighted by molar-refractivity contribution is 6.00. The van der Waals surface area contributed by atoms with E-state index < -0.39 is 161 Å². The number of amides is 11. The van der Waals surface area contributed by atoms with Gasteiger partial charge in [0.1, 0.15) is 66.5 Å². The molecule has 2 fully saturated rings. The highest BCUT2D eigenvalue weighted by Crippen LogP contribution is 2.26. The van der Waals surface area contributed by atoms with Crippen molar-refractivity contribution in [1.82, 2.24) is 60.5 Å². The van der Waals surface area contributed by atoms with Gasteiger partial charge in [0.15, 0.2) is 0 Å². The van der Waals surface area contributed by atoms with E-state index in [9.17, 15) is 33.9 Å². The minimum absolute atomic E-state index is 0.00694. The van der Waals surface area contributed by atoms with Gasteiger partial charge in [0.05, 0.1) is 19.3 Å². The fraction of sp³-hybridized carbons (Fsp3) is 0.806. The van der Waals surface area contributed by atoms with Gasteiger partial charge in [-0.15, -0.1) is 0 Å². The van der Waals surface area contributed by atoms with Crippen molar-refractivity contribution in [3.05, 3.63) is 12.2 Å². The van der Waals surface area contributed by atoms with Crippen LogP contribution in [0.4, 0.5) is 0 Å². The Morgan fingerprint density at radius 2 is 0.946 bits per heavy atom. The number of morpholine rings is 1. The van der Waals surface area contributed by atoms with Crippen molar-refractivity contribution in [1.29, 1.82) is 0 Å². The molecule has 2 aliphatic rings. The minimum atomic E-state index is -1.63. The van der Waals surface area contributed by atoms with E-state index in [1.807, 2.05) is 54.5 Å². The summed E-state index contributed by atoms with van der Waals surface area (Å²) in [6, 6.07) is -13.8. The number of likely N-dealkylation sites (N-methyl/N-ethyl adjacent to an activating group) is 7. The van der Waals surface area contributed by atoms with Crippen molar-refractivity contribution in [2.24, 2.45) is 41.4 Å². The summed E-state index contributed by atoms with van der Waals surface area (Å²) < 4.78 is 5.57. The van der Waals surface area contributed by atoms with Crippen LogP contribution >= 0.6 is 0 Å². The van der Waals surface area contributed by atoms with E-state index in [4.69, 9.17) is 4.74 Å². The molecule has 0 spiro atoms. The predicted octanol–water partition coefficient (Wildman–Crippen LogP) is 2.97. The minimum Gasteiger partial charge on any atom is -0.390 e. The normalized spacial score (nSPS) is 28.1. The first-order valence-electron chi connectivity index (χ1n) is 33.4. The number of ether oxygens (including phenoxy) is 1. The Kier molecular flexibility index (Phi) is 33.5. The Morgan fingerprint density at radius 3 is 1.43 bits per heavy atom. The van der Waals surface area contributed by atoms with Gasteiger partial charge in [-0.2, -0.15) is 0 Å². The molecule has 0 aromatic carbocycles. The fourth-order valence-electron chi connectivity index (χ4n) is 12.2. The zero-order chi connectivity index (χ0) is 70.7. The molecule has 11 amide bonds. The van der Waals surface area contributed by atoms with Crippen LogP contribution in [-0.2, 0) is 57.5 Å². The molecular formula is C67H120N12O13. The van der Waals surface area contributed by atoms with Gasteiger partial charge in [-0.3, -0.25) is 57.6 Å². The van der Waals surface area contributed by atoms with Gasteiger partial charge in [-0.05, 0) is 114 Å². The average Bonchev–Trinajstić information content (AvgIpc) is 0.865. The monoisotopic (exact) mass is 1300 g/mol. The number of carbonyl (C=O) groups is 11. The zero-order valence-corrected chi connectivity index (χ0v) is 60.3. The van der Waals surface area contributed by atoms with Crippen molar-refractivity contribution in [3.63, 3.8) is 0 Å². The molecular weight excluding hydrogens is 1180 g/mol. The smallest absolute Gasteiger partial charge is 0.246 e. The number of allylic oxidation sites excluding steroid dienone is 2. The molecule has 25 nitrogen and oxygen atoms in total. The van der Waals surface area contributed by atoms with E-state index in [1.165, 1.54) is 99.5 Å². The molecule has 14 atom stereocenters. The number of hydrogen-bond acceptors (Lipinski definition) is 14. The summed E-state index contributed by atoms with van der Waals surface area (Å²) in [7, 11) is 10.0. The first kappa shape index (κ1) is 81.9. The predicted molar refractivity (Wildman–Crippen MR) is 355 cm³/mol. The summed E-state index contributed by atoms with van der Waals surface area (Å²) >= 11 is 0. The van der Waals surface area contributed by atoms with Crippen LogP contribution in [0.3, 0.4) is 0 Å². The summed E-state index contributed by atoms with van der Waals surface area (Å²) in [5.41, 5.74) is 0. The number of aliphatic hydroxyl groups excluding tert-OH is 1. The number of aliphatic hydroxyl groups is 1. The first-order chi connectivity index (χ1) is 42.7. The van der Waals surface area contributed by atoms with E-state index in [1.54, 1.807) is 54.5 Å². The second-order valence-corrected chi connectivity index (χ2v) is 28.0. The molecule has 0 aromatic rings.